The maximum absolute atomic E-state index is 12.3. The first kappa shape index (κ1) is 38.8. The molecule has 13 nitrogen and oxygen atoms in total. The van der Waals surface area contributed by atoms with Gasteiger partial charge in [-0.1, -0.05) is 32.1 Å². The number of likely N-dealkylation sites (N-methyl/N-ethyl adjacent to an activating group) is 1. The minimum atomic E-state index is -4.44. The number of carbonyl (C=O) groups excluding carboxylic acids is 3. The van der Waals surface area contributed by atoms with Gasteiger partial charge in [-0.05, 0) is 75.6 Å². The van der Waals surface area contributed by atoms with Crippen molar-refractivity contribution in [3.8, 4) is 0 Å². The Hall–Kier alpha value is -4.44. The summed E-state index contributed by atoms with van der Waals surface area (Å²) in [7, 11) is -8.80. The zero-order chi connectivity index (χ0) is 38.2. The van der Waals surface area contributed by atoms with Gasteiger partial charge < -0.3 is 9.74 Å². The molecule has 5 rings (SSSR count). The van der Waals surface area contributed by atoms with E-state index in [1.165, 1.54) is 24.3 Å². The lowest BCUT2D eigenvalue weighted by atomic mass is 9.81. The van der Waals surface area contributed by atoms with Crippen molar-refractivity contribution in [1.82, 2.24) is 5.06 Å². The lowest BCUT2D eigenvalue weighted by Gasteiger charge is -2.25. The Morgan fingerprint density at radius 1 is 0.846 bits per heavy atom. The van der Waals surface area contributed by atoms with E-state index in [1.54, 1.807) is 12.1 Å². The lowest BCUT2D eigenvalue weighted by Crippen LogP contribution is -2.31. The Balaban J connectivity index is 1.35. The average Bonchev–Trinajstić information content (AvgIpc) is 3.58. The molecule has 1 saturated heterocycles. The molecule has 0 atom stereocenters. The third-order valence-electron chi connectivity index (χ3n) is 9.83. The maximum Gasteiger partial charge on any atom is 0.333 e. The van der Waals surface area contributed by atoms with Crippen LogP contribution in [0.1, 0.15) is 84.3 Å². The molecule has 0 aromatic heterocycles. The summed E-state index contributed by atoms with van der Waals surface area (Å²) in [4.78, 5) is 42.4. The van der Waals surface area contributed by atoms with E-state index >= 15 is 0 Å². The zero-order valence-corrected chi connectivity index (χ0v) is 31.5. The average molecular weight is 755 g/mol. The van der Waals surface area contributed by atoms with Gasteiger partial charge in [-0.15, -0.1) is 5.06 Å². The number of amides is 2. The van der Waals surface area contributed by atoms with Gasteiger partial charge in [0.15, 0.2) is 5.71 Å². The Morgan fingerprint density at radius 2 is 1.46 bits per heavy atom. The molecule has 3 aliphatic heterocycles. The summed E-state index contributed by atoms with van der Waals surface area (Å²) in [6.45, 7) is 11.1. The molecule has 2 amide bonds. The molecule has 3 heterocycles. The number of anilines is 1. The van der Waals surface area contributed by atoms with Gasteiger partial charge in [-0.2, -0.15) is 21.4 Å². The second-order valence-corrected chi connectivity index (χ2v) is 16.8. The second-order valence-electron chi connectivity index (χ2n) is 14.0. The normalized spacial score (nSPS) is 19.1. The van der Waals surface area contributed by atoms with Crippen LogP contribution >= 0.6 is 0 Å². The smallest absolute Gasteiger partial charge is 0.333 e. The molecular formula is C37H44N3O10S2+. The highest BCUT2D eigenvalue weighted by Gasteiger charge is 2.45. The fourth-order valence-electron chi connectivity index (χ4n) is 7.09. The van der Waals surface area contributed by atoms with E-state index in [0.29, 0.717) is 37.4 Å². The van der Waals surface area contributed by atoms with Crippen molar-refractivity contribution < 1.29 is 49.7 Å². The number of hydrogen-bond donors (Lipinski definition) is 2. The highest BCUT2D eigenvalue weighted by atomic mass is 32.2. The van der Waals surface area contributed by atoms with E-state index in [2.05, 4.69) is 9.48 Å². The molecule has 278 valence electrons. The highest BCUT2D eigenvalue weighted by molar-refractivity contribution is 7.86. The van der Waals surface area contributed by atoms with Gasteiger partial charge in [0.25, 0.3) is 32.1 Å². The fraction of sp³-hybridized carbons (Fsp3) is 0.405. The SMILES string of the molecule is CCN1\C(=C/C=C/C=C/C2=[N+](CCCCCC(=O)ON3C(=O)CCC3=O)c3ccc(S(=O)(=O)O)cc3C2(C)C)C(C)(C)c2cc(S(=O)(=O)O)ccc21. The van der Waals surface area contributed by atoms with Gasteiger partial charge in [0.05, 0.1) is 15.2 Å². The number of fused-ring (bicyclic) bond motifs is 2. The molecule has 3 aliphatic rings. The Morgan fingerprint density at radius 3 is 2.08 bits per heavy atom. The van der Waals surface area contributed by atoms with E-state index in [4.69, 9.17) is 4.84 Å². The zero-order valence-electron chi connectivity index (χ0n) is 29.8. The van der Waals surface area contributed by atoms with Crippen molar-refractivity contribution in [3.63, 3.8) is 0 Å². The molecule has 2 aromatic carbocycles. The third-order valence-corrected chi connectivity index (χ3v) is 11.5. The highest BCUT2D eigenvalue weighted by Crippen LogP contribution is 2.48. The molecule has 2 aromatic rings. The quantitative estimate of drug-likeness (QED) is 0.0863. The van der Waals surface area contributed by atoms with Crippen molar-refractivity contribution in [3.05, 3.63) is 83.6 Å². The van der Waals surface area contributed by atoms with Crippen molar-refractivity contribution in [2.45, 2.75) is 93.8 Å². The molecule has 1 fully saturated rings. The molecule has 0 bridgehead atoms. The summed E-state index contributed by atoms with van der Waals surface area (Å²) < 4.78 is 69.2. The van der Waals surface area contributed by atoms with Gasteiger partial charge >= 0.3 is 5.97 Å². The number of hydrogen-bond acceptors (Lipinski definition) is 9. The molecular weight excluding hydrogens is 711 g/mol. The van der Waals surface area contributed by atoms with Gasteiger partial charge in [-0.3, -0.25) is 18.7 Å². The van der Waals surface area contributed by atoms with E-state index in [0.717, 1.165) is 33.9 Å². The number of benzene rings is 2. The van der Waals surface area contributed by atoms with Gasteiger partial charge in [0.1, 0.15) is 6.54 Å². The van der Waals surface area contributed by atoms with Crippen LogP contribution in [-0.2, 0) is 50.3 Å². The number of imide groups is 1. The number of rotatable bonds is 13. The summed E-state index contributed by atoms with van der Waals surface area (Å²) in [5.74, 6) is -1.71. The molecule has 52 heavy (non-hydrogen) atoms. The number of allylic oxidation sites excluding steroid dienone is 6. The van der Waals surface area contributed by atoms with Gasteiger partial charge in [0, 0.05) is 66.7 Å². The largest absolute Gasteiger partial charge is 0.344 e. The molecule has 15 heteroatoms. The number of carbonyl (C=O) groups is 3. The van der Waals surface area contributed by atoms with E-state index in [1.807, 2.05) is 65.0 Å². The fourth-order valence-corrected chi connectivity index (χ4v) is 8.10. The van der Waals surface area contributed by atoms with Gasteiger partial charge in [-0.25, -0.2) is 4.79 Å². The second kappa shape index (κ2) is 14.5. The molecule has 0 saturated carbocycles. The monoisotopic (exact) mass is 754 g/mol. The first-order chi connectivity index (χ1) is 24.3. The van der Waals surface area contributed by atoms with E-state index in [9.17, 15) is 40.3 Å². The van der Waals surface area contributed by atoms with E-state index in [-0.39, 0.29) is 29.1 Å². The van der Waals surface area contributed by atoms with Crippen molar-refractivity contribution in [2.75, 3.05) is 18.0 Å². The van der Waals surface area contributed by atoms with Crippen LogP contribution < -0.4 is 4.90 Å². The minimum Gasteiger partial charge on any atom is -0.344 e. The summed E-state index contributed by atoms with van der Waals surface area (Å²) >= 11 is 0. The predicted molar refractivity (Wildman–Crippen MR) is 193 cm³/mol. The standard InChI is InChI=1S/C37H43N3O10S2/c1-6-38-29-18-16-25(51(44,45)46)23-27(29)36(2,3)31(38)13-9-7-10-14-32-37(4,5)28-24-26(52(47,48)49)17-19-30(28)39(32)22-12-8-11-15-35(43)50-40-33(41)20-21-34(40)42/h7,9-10,13-14,16-19,23-24H,6,8,11-12,15,20-22H2,1-5H3,(H-,44,45,46,47,48,49)/p+1. The molecule has 0 aliphatic carbocycles. The van der Waals surface area contributed by atoms with Crippen molar-refractivity contribution in [2.24, 2.45) is 0 Å². The maximum atomic E-state index is 12.3. The Labute approximate surface area is 304 Å². The number of nitrogens with zero attached hydrogens (tertiary/aromatic N) is 3. The van der Waals surface area contributed by atoms with Crippen LogP contribution in [0, 0.1) is 0 Å². The summed E-state index contributed by atoms with van der Waals surface area (Å²) in [6, 6.07) is 9.15. The van der Waals surface area contributed by atoms with Crippen LogP contribution in [0.15, 0.2) is 82.3 Å². The number of unbranched alkanes of at least 4 members (excludes halogenated alkanes) is 2. The first-order valence-electron chi connectivity index (χ1n) is 17.1. The van der Waals surface area contributed by atoms with Crippen molar-refractivity contribution >= 4 is 55.1 Å². The van der Waals surface area contributed by atoms with Gasteiger partial charge in [0.2, 0.25) is 5.69 Å². The first-order valence-corrected chi connectivity index (χ1v) is 19.9. The van der Waals surface area contributed by atoms with Crippen molar-refractivity contribution in [1.29, 1.82) is 0 Å². The summed E-state index contributed by atoms with van der Waals surface area (Å²) in [6.07, 6.45) is 11.4. The van der Waals surface area contributed by atoms with Crippen LogP contribution in [0.5, 0.6) is 0 Å². The van der Waals surface area contributed by atoms with Crippen LogP contribution in [0.2, 0.25) is 0 Å². The van der Waals surface area contributed by atoms with Crippen LogP contribution in [0.4, 0.5) is 11.4 Å². The van der Waals surface area contributed by atoms with Crippen LogP contribution in [-0.4, -0.2) is 72.2 Å². The molecule has 0 radical (unpaired) electrons. The minimum absolute atomic E-state index is 0.0272. The summed E-state index contributed by atoms with van der Waals surface area (Å²) in [5.41, 5.74) is 3.82. The third kappa shape index (κ3) is 7.68. The molecule has 0 spiro atoms. The molecule has 0 unspecified atom stereocenters. The Kier molecular flexibility index (Phi) is 10.8. The predicted octanol–water partition coefficient (Wildman–Crippen LogP) is 5.54. The number of hydroxylamine groups is 2. The van der Waals surface area contributed by atoms with E-state index < -0.39 is 48.8 Å². The summed E-state index contributed by atoms with van der Waals surface area (Å²) in [5, 5.41) is 0.542. The van der Waals surface area contributed by atoms with Crippen LogP contribution in [0.3, 0.4) is 0 Å². The Bertz CT molecular complexity index is 2150. The molecule has 2 N–H and O–H groups in total. The topological polar surface area (TPSA) is 179 Å². The lowest BCUT2D eigenvalue weighted by molar-refractivity contribution is -0.438. The van der Waals surface area contributed by atoms with Crippen LogP contribution in [0.25, 0.3) is 0 Å².